The van der Waals surface area contributed by atoms with Crippen molar-refractivity contribution in [3.05, 3.63) is 188 Å². The fraction of sp³-hybridized carbons (Fsp3) is 0. The van der Waals surface area contributed by atoms with Crippen LogP contribution in [-0.4, -0.2) is 15.0 Å². The van der Waals surface area contributed by atoms with Crippen LogP contribution in [-0.2, 0) is 0 Å². The van der Waals surface area contributed by atoms with Gasteiger partial charge in [-0.1, -0.05) is 152 Å². The lowest BCUT2D eigenvalue weighted by atomic mass is 9.92. The van der Waals surface area contributed by atoms with Crippen molar-refractivity contribution >= 4 is 54.3 Å². The third-order valence-electron chi connectivity index (χ3n) is 10.7. The molecule has 0 aliphatic carbocycles. The predicted molar refractivity (Wildman–Crippen MR) is 227 cm³/mol. The van der Waals surface area contributed by atoms with E-state index in [9.17, 15) is 0 Å². The highest BCUT2D eigenvalue weighted by atomic mass is 16.3. The third-order valence-corrected chi connectivity index (χ3v) is 10.7. The van der Waals surface area contributed by atoms with Crippen LogP contribution in [0.2, 0.25) is 0 Å². The molecule has 0 saturated heterocycles. The molecule has 9 aromatic carbocycles. The molecule has 11 rings (SSSR count). The van der Waals surface area contributed by atoms with Gasteiger partial charge in [0.25, 0.3) is 0 Å². The van der Waals surface area contributed by atoms with Gasteiger partial charge in [0.15, 0.2) is 17.5 Å². The first-order valence-corrected chi connectivity index (χ1v) is 18.5. The van der Waals surface area contributed by atoms with Crippen LogP contribution in [0.3, 0.4) is 0 Å². The van der Waals surface area contributed by atoms with Crippen LogP contribution < -0.4 is 0 Å². The van der Waals surface area contributed by atoms with Crippen molar-refractivity contribution in [2.45, 2.75) is 0 Å². The SMILES string of the molecule is c1ccc(-c2ccc3c(c2)oc2cccc(-c4nc(-c5ccc6ccccc6c5)nc(-c5ccc6cc(-c7ccccc7)c7ccccc7c6c5)n4)c23)cc1. The second-order valence-electron chi connectivity index (χ2n) is 14.0. The molecule has 0 amide bonds. The van der Waals surface area contributed by atoms with Gasteiger partial charge in [0.2, 0.25) is 0 Å². The number of nitrogens with zero attached hydrogens (tertiary/aromatic N) is 3. The Bertz CT molecular complexity index is 3260. The Morgan fingerprint density at radius 2 is 0.927 bits per heavy atom. The zero-order chi connectivity index (χ0) is 36.3. The van der Waals surface area contributed by atoms with Crippen molar-refractivity contribution in [3.63, 3.8) is 0 Å². The Labute approximate surface area is 317 Å². The van der Waals surface area contributed by atoms with Crippen LogP contribution in [0.4, 0.5) is 0 Å². The summed E-state index contributed by atoms with van der Waals surface area (Å²) in [6.45, 7) is 0. The molecule has 0 aliphatic heterocycles. The van der Waals surface area contributed by atoms with Gasteiger partial charge in [-0.3, -0.25) is 0 Å². The van der Waals surface area contributed by atoms with E-state index >= 15 is 0 Å². The standard InChI is InChI=1S/C51H31N3O/c1-3-12-32(13-4-1)36-26-27-42-47(31-36)55-46-21-11-20-43(48(42)46)51-53-49(38-24-22-33-14-7-8-17-35(33)28-38)52-50(54-51)39-25-23-37-29-44(34-15-5-2-6-16-34)40-18-9-10-19-41(40)45(37)30-39/h1-31H. The molecule has 0 bridgehead atoms. The van der Waals surface area contributed by atoms with E-state index in [1.165, 1.54) is 27.3 Å². The van der Waals surface area contributed by atoms with Crippen LogP contribution in [0.5, 0.6) is 0 Å². The highest BCUT2D eigenvalue weighted by molar-refractivity contribution is 6.15. The van der Waals surface area contributed by atoms with Crippen LogP contribution in [0, 0.1) is 0 Å². The Kier molecular flexibility index (Phi) is 7.14. The maximum atomic E-state index is 6.51. The summed E-state index contributed by atoms with van der Waals surface area (Å²) < 4.78 is 6.51. The molecular formula is C51H31N3O. The van der Waals surface area contributed by atoms with Gasteiger partial charge in [-0.15, -0.1) is 0 Å². The van der Waals surface area contributed by atoms with Crippen molar-refractivity contribution in [2.24, 2.45) is 0 Å². The molecule has 0 saturated carbocycles. The summed E-state index contributed by atoms with van der Waals surface area (Å²) >= 11 is 0. The van der Waals surface area contributed by atoms with E-state index in [1.54, 1.807) is 0 Å². The molecule has 2 aromatic heterocycles. The summed E-state index contributed by atoms with van der Waals surface area (Å²) in [4.78, 5) is 15.6. The number of rotatable bonds is 5. The third kappa shape index (κ3) is 5.34. The normalized spacial score (nSPS) is 11.6. The maximum Gasteiger partial charge on any atom is 0.164 e. The molecule has 4 nitrogen and oxygen atoms in total. The number of furan rings is 1. The maximum absolute atomic E-state index is 6.51. The summed E-state index contributed by atoms with van der Waals surface area (Å²) in [6.07, 6.45) is 0. The van der Waals surface area contributed by atoms with Gasteiger partial charge in [-0.2, -0.15) is 0 Å². The Morgan fingerprint density at radius 1 is 0.291 bits per heavy atom. The molecule has 11 aromatic rings. The molecule has 0 radical (unpaired) electrons. The molecule has 4 heteroatoms. The van der Waals surface area contributed by atoms with Gasteiger partial charge in [-0.05, 0) is 91.0 Å². The minimum atomic E-state index is 0.595. The molecule has 0 unspecified atom stereocenters. The fourth-order valence-corrected chi connectivity index (χ4v) is 8.00. The lowest BCUT2D eigenvalue weighted by Gasteiger charge is -2.13. The minimum absolute atomic E-state index is 0.595. The molecular weight excluding hydrogens is 671 g/mol. The molecule has 0 spiro atoms. The zero-order valence-electron chi connectivity index (χ0n) is 29.6. The van der Waals surface area contributed by atoms with Crippen molar-refractivity contribution in [2.75, 3.05) is 0 Å². The number of aromatic nitrogens is 3. The summed E-state index contributed by atoms with van der Waals surface area (Å²) in [5.74, 6) is 1.83. The Balaban J connectivity index is 1.13. The van der Waals surface area contributed by atoms with Crippen LogP contribution >= 0.6 is 0 Å². The smallest absolute Gasteiger partial charge is 0.164 e. The molecule has 55 heavy (non-hydrogen) atoms. The Morgan fingerprint density at radius 3 is 1.73 bits per heavy atom. The average Bonchev–Trinajstić information content (AvgIpc) is 3.64. The van der Waals surface area contributed by atoms with E-state index in [-0.39, 0.29) is 0 Å². The zero-order valence-corrected chi connectivity index (χ0v) is 29.6. The first-order chi connectivity index (χ1) is 27.2. The van der Waals surface area contributed by atoms with Crippen molar-refractivity contribution < 1.29 is 4.42 Å². The van der Waals surface area contributed by atoms with Gasteiger partial charge in [0, 0.05) is 27.5 Å². The molecule has 0 N–H and O–H groups in total. The number of fused-ring (bicyclic) bond motifs is 7. The van der Waals surface area contributed by atoms with Gasteiger partial charge >= 0.3 is 0 Å². The van der Waals surface area contributed by atoms with Crippen molar-refractivity contribution in [3.8, 4) is 56.4 Å². The molecule has 0 fully saturated rings. The first kappa shape index (κ1) is 31.1. The number of benzene rings is 9. The summed E-state index contributed by atoms with van der Waals surface area (Å²) in [7, 11) is 0. The molecule has 0 aliphatic rings. The number of hydrogen-bond donors (Lipinski definition) is 0. The van der Waals surface area contributed by atoms with Crippen molar-refractivity contribution in [1.82, 2.24) is 15.0 Å². The topological polar surface area (TPSA) is 51.8 Å². The van der Waals surface area contributed by atoms with E-state index in [0.29, 0.717) is 17.5 Å². The highest BCUT2D eigenvalue weighted by Gasteiger charge is 2.19. The van der Waals surface area contributed by atoms with Crippen LogP contribution in [0.1, 0.15) is 0 Å². The molecule has 2 heterocycles. The van der Waals surface area contributed by atoms with Crippen LogP contribution in [0.25, 0.3) is 111 Å². The summed E-state index contributed by atoms with van der Waals surface area (Å²) in [6, 6.07) is 65.8. The first-order valence-electron chi connectivity index (χ1n) is 18.5. The summed E-state index contributed by atoms with van der Waals surface area (Å²) in [5.41, 5.74) is 9.03. The average molecular weight is 702 g/mol. The second kappa shape index (κ2) is 12.6. The fourth-order valence-electron chi connectivity index (χ4n) is 8.00. The summed E-state index contributed by atoms with van der Waals surface area (Å²) in [5, 5.41) is 9.01. The van der Waals surface area contributed by atoms with E-state index < -0.39 is 0 Å². The van der Waals surface area contributed by atoms with Crippen molar-refractivity contribution in [1.29, 1.82) is 0 Å². The molecule has 0 atom stereocenters. The van der Waals surface area contributed by atoms with Crippen LogP contribution in [0.15, 0.2) is 192 Å². The quantitative estimate of drug-likeness (QED) is 0.168. The Hall–Kier alpha value is -7.43. The predicted octanol–water partition coefficient (Wildman–Crippen LogP) is 13.6. The van der Waals surface area contributed by atoms with E-state index in [1.807, 2.05) is 18.2 Å². The monoisotopic (exact) mass is 701 g/mol. The van der Waals surface area contributed by atoms with Gasteiger partial charge in [-0.25, -0.2) is 15.0 Å². The molecule has 256 valence electrons. The largest absolute Gasteiger partial charge is 0.456 e. The minimum Gasteiger partial charge on any atom is -0.456 e. The number of hydrogen-bond acceptors (Lipinski definition) is 4. The lowest BCUT2D eigenvalue weighted by Crippen LogP contribution is -2.00. The second-order valence-corrected chi connectivity index (χ2v) is 14.0. The van der Waals surface area contributed by atoms with Gasteiger partial charge < -0.3 is 4.42 Å². The van der Waals surface area contributed by atoms with Gasteiger partial charge in [0.1, 0.15) is 11.2 Å². The van der Waals surface area contributed by atoms with E-state index in [2.05, 4.69) is 170 Å². The van der Waals surface area contributed by atoms with Gasteiger partial charge in [0.05, 0.1) is 0 Å². The van der Waals surface area contributed by atoms with E-state index in [4.69, 9.17) is 19.4 Å². The lowest BCUT2D eigenvalue weighted by molar-refractivity contribution is 0.669. The van der Waals surface area contributed by atoms with E-state index in [0.717, 1.165) is 65.9 Å². The highest BCUT2D eigenvalue weighted by Crippen LogP contribution is 2.40.